The molecule has 0 atom stereocenters. The summed E-state index contributed by atoms with van der Waals surface area (Å²) in [6.45, 7) is 0.531. The van der Waals surface area contributed by atoms with Gasteiger partial charge in [-0.1, -0.05) is 6.07 Å². The third kappa shape index (κ3) is 3.22. The largest absolute Gasteiger partial charge is 0.508 e. The second kappa shape index (κ2) is 5.39. The molecule has 0 amide bonds. The highest BCUT2D eigenvalue weighted by Crippen LogP contribution is 2.20. The van der Waals surface area contributed by atoms with Crippen LogP contribution >= 0.6 is 0 Å². The van der Waals surface area contributed by atoms with Crippen LogP contribution in [0, 0.1) is 0 Å². The zero-order chi connectivity index (χ0) is 13.8. The number of hydrogen-bond donors (Lipinski definition) is 2. The Balaban J connectivity index is 2.10. The maximum Gasteiger partial charge on any atom is 0.337 e. The van der Waals surface area contributed by atoms with E-state index < -0.39 is 5.97 Å². The number of carboxylic acids is 1. The van der Waals surface area contributed by atoms with E-state index in [1.165, 1.54) is 12.3 Å². The number of nitrogens with zero attached hydrogens (tertiary/aromatic N) is 2. The highest BCUT2D eigenvalue weighted by atomic mass is 16.4. The number of pyridine rings is 1. The van der Waals surface area contributed by atoms with Crippen LogP contribution in [-0.2, 0) is 6.54 Å². The van der Waals surface area contributed by atoms with Crippen molar-refractivity contribution in [1.82, 2.24) is 4.98 Å². The molecule has 1 aromatic heterocycles. The van der Waals surface area contributed by atoms with Gasteiger partial charge in [0.15, 0.2) is 0 Å². The van der Waals surface area contributed by atoms with Gasteiger partial charge >= 0.3 is 5.97 Å². The number of aromatic nitrogens is 1. The lowest BCUT2D eigenvalue weighted by atomic mass is 10.2. The summed E-state index contributed by atoms with van der Waals surface area (Å²) in [6, 6.07) is 10.1. The maximum absolute atomic E-state index is 10.7. The van der Waals surface area contributed by atoms with Crippen molar-refractivity contribution < 1.29 is 15.0 Å². The lowest BCUT2D eigenvalue weighted by Crippen LogP contribution is -2.17. The van der Waals surface area contributed by atoms with E-state index in [1.807, 2.05) is 18.0 Å². The summed E-state index contributed by atoms with van der Waals surface area (Å²) in [4.78, 5) is 16.7. The summed E-state index contributed by atoms with van der Waals surface area (Å²) in [5.41, 5.74) is 1.80. The topological polar surface area (TPSA) is 73.7 Å². The summed E-state index contributed by atoms with van der Waals surface area (Å²) in [5, 5.41) is 18.2. The number of aromatic carboxylic acids is 1. The lowest BCUT2D eigenvalue weighted by molar-refractivity contribution is 0.0696. The van der Waals surface area contributed by atoms with Gasteiger partial charge in [0.25, 0.3) is 0 Å². The van der Waals surface area contributed by atoms with E-state index >= 15 is 0 Å². The number of aromatic hydroxyl groups is 1. The van der Waals surface area contributed by atoms with Crippen molar-refractivity contribution in [3.05, 3.63) is 53.9 Å². The molecule has 0 bridgehead atoms. The van der Waals surface area contributed by atoms with Crippen molar-refractivity contribution in [2.24, 2.45) is 0 Å². The number of phenolic OH excluding ortho intramolecular Hbond substituents is 1. The molecule has 2 rings (SSSR count). The van der Waals surface area contributed by atoms with Crippen molar-refractivity contribution in [1.29, 1.82) is 0 Å². The van der Waals surface area contributed by atoms with Gasteiger partial charge in [0.05, 0.1) is 17.8 Å². The molecule has 0 fully saturated rings. The lowest BCUT2D eigenvalue weighted by Gasteiger charge is -2.18. The third-order valence-electron chi connectivity index (χ3n) is 2.74. The van der Waals surface area contributed by atoms with Gasteiger partial charge in [-0.05, 0) is 24.3 Å². The molecular formula is C14H14N2O3. The van der Waals surface area contributed by atoms with Crippen LogP contribution in [0.15, 0.2) is 42.6 Å². The van der Waals surface area contributed by atoms with Crippen LogP contribution in [0.25, 0.3) is 0 Å². The molecule has 0 aliphatic heterocycles. The molecule has 0 saturated heterocycles. The normalized spacial score (nSPS) is 10.2. The molecule has 1 aromatic carbocycles. The summed E-state index contributed by atoms with van der Waals surface area (Å²) in [6.07, 6.45) is 1.34. The number of benzene rings is 1. The molecule has 2 aromatic rings. The van der Waals surface area contributed by atoms with Gasteiger partial charge in [0.2, 0.25) is 0 Å². The quantitative estimate of drug-likeness (QED) is 0.878. The van der Waals surface area contributed by atoms with Gasteiger partial charge in [-0.3, -0.25) is 4.98 Å². The Morgan fingerprint density at radius 3 is 2.68 bits per heavy atom. The molecule has 98 valence electrons. The van der Waals surface area contributed by atoms with E-state index in [9.17, 15) is 9.90 Å². The van der Waals surface area contributed by atoms with Gasteiger partial charge in [-0.25, -0.2) is 4.79 Å². The molecule has 0 aliphatic carbocycles. The zero-order valence-corrected chi connectivity index (χ0v) is 10.4. The summed E-state index contributed by atoms with van der Waals surface area (Å²) >= 11 is 0. The Labute approximate surface area is 110 Å². The van der Waals surface area contributed by atoms with Crippen molar-refractivity contribution in [3.63, 3.8) is 0 Å². The summed E-state index contributed by atoms with van der Waals surface area (Å²) < 4.78 is 0. The molecule has 1 heterocycles. The van der Waals surface area contributed by atoms with Crippen molar-refractivity contribution in [2.75, 3.05) is 11.9 Å². The first-order chi connectivity index (χ1) is 9.06. The van der Waals surface area contributed by atoms with E-state index in [0.29, 0.717) is 6.54 Å². The van der Waals surface area contributed by atoms with Crippen LogP contribution < -0.4 is 4.90 Å². The van der Waals surface area contributed by atoms with E-state index in [1.54, 1.807) is 24.3 Å². The van der Waals surface area contributed by atoms with Gasteiger partial charge in [0.1, 0.15) is 5.75 Å². The van der Waals surface area contributed by atoms with Gasteiger partial charge < -0.3 is 15.1 Å². The van der Waals surface area contributed by atoms with Crippen molar-refractivity contribution >= 4 is 11.7 Å². The van der Waals surface area contributed by atoms with Crippen LogP contribution in [0.4, 0.5) is 5.69 Å². The third-order valence-corrected chi connectivity index (χ3v) is 2.74. The first kappa shape index (κ1) is 12.9. The monoisotopic (exact) mass is 258 g/mol. The van der Waals surface area contributed by atoms with E-state index in [-0.39, 0.29) is 11.3 Å². The Morgan fingerprint density at radius 2 is 2.11 bits per heavy atom. The fraction of sp³-hybridized carbons (Fsp3) is 0.143. The second-order valence-electron chi connectivity index (χ2n) is 4.22. The summed E-state index contributed by atoms with van der Waals surface area (Å²) in [7, 11) is 1.88. The fourth-order valence-corrected chi connectivity index (χ4v) is 1.71. The average Bonchev–Trinajstić information content (AvgIpc) is 2.39. The van der Waals surface area contributed by atoms with Gasteiger partial charge in [0, 0.05) is 25.0 Å². The van der Waals surface area contributed by atoms with Crippen LogP contribution in [0.1, 0.15) is 16.1 Å². The predicted molar refractivity (Wildman–Crippen MR) is 71.4 cm³/mol. The molecule has 0 radical (unpaired) electrons. The first-order valence-electron chi connectivity index (χ1n) is 5.74. The maximum atomic E-state index is 10.7. The second-order valence-corrected chi connectivity index (χ2v) is 4.22. The SMILES string of the molecule is CN(Cc1ccc(C(=O)O)cn1)c1cccc(O)c1. The number of carboxylic acid groups (broad SMARTS) is 1. The Morgan fingerprint density at radius 1 is 1.32 bits per heavy atom. The molecule has 2 N–H and O–H groups in total. The minimum absolute atomic E-state index is 0.170. The molecule has 0 spiro atoms. The standard InChI is InChI=1S/C14H14N2O3/c1-16(12-3-2-4-13(17)7-12)9-11-6-5-10(8-15-11)14(18)19/h2-8,17H,9H2,1H3,(H,18,19). The number of hydrogen-bond acceptors (Lipinski definition) is 4. The fourth-order valence-electron chi connectivity index (χ4n) is 1.71. The smallest absolute Gasteiger partial charge is 0.337 e. The minimum Gasteiger partial charge on any atom is -0.508 e. The minimum atomic E-state index is -0.986. The number of anilines is 1. The van der Waals surface area contributed by atoms with Gasteiger partial charge in [-0.15, -0.1) is 0 Å². The molecule has 5 heteroatoms. The highest BCUT2D eigenvalue weighted by Gasteiger charge is 2.06. The zero-order valence-electron chi connectivity index (χ0n) is 10.4. The van der Waals surface area contributed by atoms with E-state index in [0.717, 1.165) is 11.4 Å². The van der Waals surface area contributed by atoms with E-state index in [4.69, 9.17) is 5.11 Å². The summed E-state index contributed by atoms with van der Waals surface area (Å²) in [5.74, 6) is -0.779. The molecular weight excluding hydrogens is 244 g/mol. The molecule has 0 unspecified atom stereocenters. The predicted octanol–water partition coefficient (Wildman–Crippen LogP) is 2.12. The molecule has 19 heavy (non-hydrogen) atoms. The van der Waals surface area contributed by atoms with Crippen LogP contribution in [0.5, 0.6) is 5.75 Å². The van der Waals surface area contributed by atoms with Crippen molar-refractivity contribution in [3.8, 4) is 5.75 Å². The van der Waals surface area contributed by atoms with Crippen LogP contribution in [0.3, 0.4) is 0 Å². The Kier molecular flexibility index (Phi) is 3.66. The average molecular weight is 258 g/mol. The first-order valence-corrected chi connectivity index (χ1v) is 5.74. The Bertz CT molecular complexity index is 581. The number of rotatable bonds is 4. The Hall–Kier alpha value is -2.56. The van der Waals surface area contributed by atoms with Gasteiger partial charge in [-0.2, -0.15) is 0 Å². The van der Waals surface area contributed by atoms with Crippen LogP contribution in [-0.4, -0.2) is 28.2 Å². The molecule has 5 nitrogen and oxygen atoms in total. The molecule has 0 saturated carbocycles. The number of phenols is 1. The van der Waals surface area contributed by atoms with Crippen LogP contribution in [0.2, 0.25) is 0 Å². The van der Waals surface area contributed by atoms with Crippen molar-refractivity contribution in [2.45, 2.75) is 6.54 Å². The van der Waals surface area contributed by atoms with E-state index in [2.05, 4.69) is 4.98 Å². The highest BCUT2D eigenvalue weighted by molar-refractivity contribution is 5.87. The molecule has 0 aliphatic rings. The number of carbonyl (C=O) groups is 1.